The number of carbonyl (C=O) groups is 2. The second-order valence-electron chi connectivity index (χ2n) is 3.95. The van der Waals surface area contributed by atoms with Crippen LogP contribution in [0.2, 0.25) is 0 Å². The molecule has 0 radical (unpaired) electrons. The highest BCUT2D eigenvalue weighted by Crippen LogP contribution is 2.03. The van der Waals surface area contributed by atoms with Crippen molar-refractivity contribution in [2.24, 2.45) is 0 Å². The summed E-state index contributed by atoms with van der Waals surface area (Å²) < 4.78 is 0. The lowest BCUT2D eigenvalue weighted by Crippen LogP contribution is -2.49. The van der Waals surface area contributed by atoms with Crippen molar-refractivity contribution in [2.45, 2.75) is 45.2 Å². The van der Waals surface area contributed by atoms with Crippen LogP contribution in [0.15, 0.2) is 0 Å². The Bertz CT molecular complexity index is 312. The Hall–Kier alpha value is -1.77. The van der Waals surface area contributed by atoms with Crippen LogP contribution in [0.3, 0.4) is 0 Å². The second kappa shape index (κ2) is 7.49. The van der Waals surface area contributed by atoms with Gasteiger partial charge in [0.15, 0.2) is 0 Å². The number of nitriles is 1. The zero-order valence-corrected chi connectivity index (χ0v) is 10.4. The lowest BCUT2D eigenvalue weighted by molar-refractivity contribution is -0.139. The van der Waals surface area contributed by atoms with Crippen LogP contribution in [0, 0.1) is 11.3 Å². The molecule has 0 rings (SSSR count). The standard InChI is InChI=1S/C11H19N3O3/c1-4-5-9(10(15)16)13-11(17)14(3)8(2)6-7-12/h8-9H,4-6H2,1-3H3,(H,13,17)(H,15,16). The number of nitrogens with zero attached hydrogens (tertiary/aromatic N) is 2. The average molecular weight is 241 g/mol. The first kappa shape index (κ1) is 15.2. The van der Waals surface area contributed by atoms with Gasteiger partial charge in [0, 0.05) is 13.1 Å². The number of carboxylic acid groups (broad SMARTS) is 1. The summed E-state index contributed by atoms with van der Waals surface area (Å²) >= 11 is 0. The fourth-order valence-electron chi connectivity index (χ4n) is 1.27. The van der Waals surface area contributed by atoms with Gasteiger partial charge in [-0.25, -0.2) is 9.59 Å². The predicted molar refractivity (Wildman–Crippen MR) is 62.3 cm³/mol. The van der Waals surface area contributed by atoms with E-state index in [9.17, 15) is 9.59 Å². The van der Waals surface area contributed by atoms with E-state index in [1.54, 1.807) is 14.0 Å². The van der Waals surface area contributed by atoms with Gasteiger partial charge in [0.2, 0.25) is 0 Å². The number of carboxylic acids is 1. The fraction of sp³-hybridized carbons (Fsp3) is 0.727. The minimum absolute atomic E-state index is 0.218. The number of urea groups is 1. The predicted octanol–water partition coefficient (Wildman–Crippen LogP) is 1.18. The minimum atomic E-state index is -1.04. The SMILES string of the molecule is CCCC(NC(=O)N(C)C(C)CC#N)C(=O)O. The summed E-state index contributed by atoms with van der Waals surface area (Å²) in [6.07, 6.45) is 1.28. The number of hydrogen-bond donors (Lipinski definition) is 2. The van der Waals surface area contributed by atoms with E-state index < -0.39 is 18.0 Å². The molecule has 2 amide bonds. The van der Waals surface area contributed by atoms with Crippen LogP contribution in [-0.2, 0) is 4.79 Å². The molecular weight excluding hydrogens is 222 g/mol. The van der Waals surface area contributed by atoms with Crippen molar-refractivity contribution in [3.8, 4) is 6.07 Å². The van der Waals surface area contributed by atoms with Gasteiger partial charge < -0.3 is 15.3 Å². The third-order valence-electron chi connectivity index (χ3n) is 2.54. The summed E-state index contributed by atoms with van der Waals surface area (Å²) in [5.74, 6) is -1.04. The molecule has 2 atom stereocenters. The summed E-state index contributed by atoms with van der Waals surface area (Å²) in [5, 5.41) is 19.8. The Balaban J connectivity index is 4.40. The molecule has 6 heteroatoms. The first-order valence-corrected chi connectivity index (χ1v) is 5.57. The van der Waals surface area contributed by atoms with Gasteiger partial charge in [0.1, 0.15) is 6.04 Å². The Labute approximate surface area is 101 Å². The molecule has 2 unspecified atom stereocenters. The molecule has 0 heterocycles. The van der Waals surface area contributed by atoms with Gasteiger partial charge in [-0.2, -0.15) is 5.26 Å². The number of carbonyl (C=O) groups excluding carboxylic acids is 1. The number of hydrogen-bond acceptors (Lipinski definition) is 3. The highest BCUT2D eigenvalue weighted by atomic mass is 16.4. The molecule has 0 aromatic heterocycles. The summed E-state index contributed by atoms with van der Waals surface area (Å²) in [7, 11) is 1.54. The quantitative estimate of drug-likeness (QED) is 0.730. The van der Waals surface area contributed by atoms with Crippen molar-refractivity contribution in [3.63, 3.8) is 0 Å². The molecule has 17 heavy (non-hydrogen) atoms. The number of amides is 2. The highest BCUT2D eigenvalue weighted by molar-refractivity contribution is 5.82. The van der Waals surface area contributed by atoms with E-state index in [4.69, 9.17) is 10.4 Å². The first-order valence-electron chi connectivity index (χ1n) is 5.57. The van der Waals surface area contributed by atoms with E-state index in [1.165, 1.54) is 4.90 Å². The van der Waals surface area contributed by atoms with Crippen LogP contribution >= 0.6 is 0 Å². The molecule has 0 saturated heterocycles. The highest BCUT2D eigenvalue weighted by Gasteiger charge is 2.22. The van der Waals surface area contributed by atoms with E-state index in [0.29, 0.717) is 12.8 Å². The van der Waals surface area contributed by atoms with Crippen molar-refractivity contribution < 1.29 is 14.7 Å². The smallest absolute Gasteiger partial charge is 0.326 e. The molecule has 0 saturated carbocycles. The van der Waals surface area contributed by atoms with Crippen LogP contribution in [0.4, 0.5) is 4.79 Å². The fourth-order valence-corrected chi connectivity index (χ4v) is 1.27. The van der Waals surface area contributed by atoms with Crippen molar-refractivity contribution >= 4 is 12.0 Å². The number of rotatable bonds is 6. The van der Waals surface area contributed by atoms with E-state index in [2.05, 4.69) is 5.32 Å². The van der Waals surface area contributed by atoms with Crippen molar-refractivity contribution in [2.75, 3.05) is 7.05 Å². The van der Waals surface area contributed by atoms with Gasteiger partial charge in [-0.15, -0.1) is 0 Å². The van der Waals surface area contributed by atoms with Crippen LogP contribution in [0.25, 0.3) is 0 Å². The lowest BCUT2D eigenvalue weighted by Gasteiger charge is -2.25. The van der Waals surface area contributed by atoms with Gasteiger partial charge in [0.25, 0.3) is 0 Å². The maximum absolute atomic E-state index is 11.7. The molecule has 0 aliphatic heterocycles. The Morgan fingerprint density at radius 1 is 1.53 bits per heavy atom. The molecule has 6 nitrogen and oxygen atoms in total. The van der Waals surface area contributed by atoms with Crippen LogP contribution in [0.1, 0.15) is 33.1 Å². The van der Waals surface area contributed by atoms with Gasteiger partial charge in [-0.05, 0) is 13.3 Å². The van der Waals surface area contributed by atoms with Crippen molar-refractivity contribution in [1.82, 2.24) is 10.2 Å². The Morgan fingerprint density at radius 3 is 2.53 bits per heavy atom. The first-order chi connectivity index (χ1) is 7.93. The van der Waals surface area contributed by atoms with E-state index in [-0.39, 0.29) is 12.5 Å². The molecule has 0 bridgehead atoms. The molecular formula is C11H19N3O3. The van der Waals surface area contributed by atoms with Crippen LogP contribution < -0.4 is 5.32 Å². The molecule has 0 aliphatic rings. The summed E-state index contributed by atoms with van der Waals surface area (Å²) in [6, 6.07) is 0.391. The zero-order chi connectivity index (χ0) is 13.4. The minimum Gasteiger partial charge on any atom is -0.480 e. The van der Waals surface area contributed by atoms with Gasteiger partial charge >= 0.3 is 12.0 Å². The molecule has 0 aromatic rings. The summed E-state index contributed by atoms with van der Waals surface area (Å²) in [6.45, 7) is 3.59. The normalized spacial score (nSPS) is 13.3. The van der Waals surface area contributed by atoms with E-state index in [0.717, 1.165) is 0 Å². The van der Waals surface area contributed by atoms with Crippen LogP contribution in [-0.4, -0.2) is 41.1 Å². The maximum atomic E-state index is 11.7. The third-order valence-corrected chi connectivity index (χ3v) is 2.54. The lowest BCUT2D eigenvalue weighted by atomic mass is 10.1. The monoisotopic (exact) mass is 241 g/mol. The third kappa shape index (κ3) is 5.20. The largest absolute Gasteiger partial charge is 0.480 e. The van der Waals surface area contributed by atoms with Gasteiger partial charge in [0.05, 0.1) is 12.5 Å². The topological polar surface area (TPSA) is 93.4 Å². The second-order valence-corrected chi connectivity index (χ2v) is 3.95. The molecule has 0 aliphatic carbocycles. The summed E-state index contributed by atoms with van der Waals surface area (Å²) in [4.78, 5) is 23.9. The van der Waals surface area contributed by atoms with Crippen LogP contribution in [0.5, 0.6) is 0 Å². The molecule has 0 spiro atoms. The molecule has 2 N–H and O–H groups in total. The number of nitrogens with one attached hydrogen (secondary N) is 1. The zero-order valence-electron chi connectivity index (χ0n) is 10.4. The van der Waals surface area contributed by atoms with E-state index in [1.807, 2.05) is 13.0 Å². The maximum Gasteiger partial charge on any atom is 0.326 e. The molecule has 0 fully saturated rings. The Morgan fingerprint density at radius 2 is 2.12 bits per heavy atom. The number of aliphatic carboxylic acids is 1. The molecule has 0 aromatic carbocycles. The average Bonchev–Trinajstić information content (AvgIpc) is 2.27. The van der Waals surface area contributed by atoms with Gasteiger partial charge in [-0.3, -0.25) is 0 Å². The van der Waals surface area contributed by atoms with Crippen molar-refractivity contribution in [3.05, 3.63) is 0 Å². The van der Waals surface area contributed by atoms with Gasteiger partial charge in [-0.1, -0.05) is 13.3 Å². The summed E-state index contributed by atoms with van der Waals surface area (Å²) in [5.41, 5.74) is 0. The molecule has 96 valence electrons. The van der Waals surface area contributed by atoms with Crippen molar-refractivity contribution in [1.29, 1.82) is 5.26 Å². The Kier molecular flexibility index (Phi) is 6.71. The van der Waals surface area contributed by atoms with E-state index >= 15 is 0 Å².